The maximum Gasteiger partial charge on any atom is 0.238 e. The molecule has 0 saturated heterocycles. The first-order valence-electron chi connectivity index (χ1n) is 6.29. The van der Waals surface area contributed by atoms with Crippen molar-refractivity contribution in [1.29, 1.82) is 0 Å². The second kappa shape index (κ2) is 6.71. The normalized spacial score (nSPS) is 11.4. The van der Waals surface area contributed by atoms with E-state index in [4.69, 9.17) is 0 Å². The van der Waals surface area contributed by atoms with Crippen LogP contribution in [-0.2, 0) is 14.8 Å². The molecule has 1 amide bonds. The Morgan fingerprint density at radius 1 is 1.30 bits per heavy atom. The number of carbonyl (C=O) groups excluding carboxylic acids is 1. The summed E-state index contributed by atoms with van der Waals surface area (Å²) in [5.74, 6) is -0.137. The third-order valence-corrected chi connectivity index (χ3v) is 3.07. The summed E-state index contributed by atoms with van der Waals surface area (Å²) in [5, 5.41) is 5.77. The van der Waals surface area contributed by atoms with Gasteiger partial charge in [0.1, 0.15) is 0 Å². The van der Waals surface area contributed by atoms with Crippen molar-refractivity contribution < 1.29 is 13.2 Å². The summed E-state index contributed by atoms with van der Waals surface area (Å²) in [6.45, 7) is 5.93. The summed E-state index contributed by atoms with van der Waals surface area (Å²) in [6.07, 6.45) is 1.10. The summed E-state index contributed by atoms with van der Waals surface area (Å²) in [5.41, 5.74) is 1.88. The van der Waals surface area contributed by atoms with Crippen molar-refractivity contribution in [3.05, 3.63) is 23.8 Å². The lowest BCUT2D eigenvalue weighted by Gasteiger charge is -2.12. The topological polar surface area (TPSA) is 87.3 Å². The molecule has 0 aliphatic carbocycles. The Kier molecular flexibility index (Phi) is 5.52. The second-order valence-electron chi connectivity index (χ2n) is 4.99. The smallest absolute Gasteiger partial charge is 0.238 e. The molecule has 0 aliphatic heterocycles. The van der Waals surface area contributed by atoms with Gasteiger partial charge in [-0.05, 0) is 30.7 Å². The van der Waals surface area contributed by atoms with Crippen LogP contribution in [0.3, 0.4) is 0 Å². The number of benzene rings is 1. The minimum Gasteiger partial charge on any atom is -0.325 e. The van der Waals surface area contributed by atoms with Gasteiger partial charge >= 0.3 is 0 Å². The molecule has 112 valence electrons. The largest absolute Gasteiger partial charge is 0.325 e. The molecular weight excluding hydrogens is 278 g/mol. The first-order valence-corrected chi connectivity index (χ1v) is 8.18. The van der Waals surface area contributed by atoms with Crippen LogP contribution in [0.5, 0.6) is 0 Å². The van der Waals surface area contributed by atoms with Gasteiger partial charge in [-0.2, -0.15) is 0 Å². The van der Waals surface area contributed by atoms with E-state index in [0.29, 0.717) is 11.4 Å². The first kappa shape index (κ1) is 16.5. The van der Waals surface area contributed by atoms with Gasteiger partial charge in [-0.15, -0.1) is 0 Å². The summed E-state index contributed by atoms with van der Waals surface area (Å²) >= 11 is 0. The zero-order valence-electron chi connectivity index (χ0n) is 12.1. The maximum absolute atomic E-state index is 11.7. The predicted molar refractivity (Wildman–Crippen MR) is 81.4 cm³/mol. The molecule has 7 heteroatoms. The summed E-state index contributed by atoms with van der Waals surface area (Å²) in [6, 6.07) is 5.25. The zero-order chi connectivity index (χ0) is 15.3. The van der Waals surface area contributed by atoms with Crippen LogP contribution in [0.25, 0.3) is 0 Å². The Hall–Kier alpha value is -1.60. The van der Waals surface area contributed by atoms with Crippen LogP contribution in [-0.4, -0.2) is 33.2 Å². The van der Waals surface area contributed by atoms with E-state index in [-0.39, 0.29) is 18.5 Å². The third kappa shape index (κ3) is 6.03. The number of rotatable bonds is 6. The Morgan fingerprint density at radius 2 is 1.95 bits per heavy atom. The number of aryl methyl sites for hydroxylation is 1. The molecule has 0 aromatic heterocycles. The van der Waals surface area contributed by atoms with E-state index in [1.54, 1.807) is 25.1 Å². The monoisotopic (exact) mass is 299 g/mol. The number of anilines is 2. The van der Waals surface area contributed by atoms with Gasteiger partial charge in [0.15, 0.2) is 0 Å². The SMILES string of the molecule is Cc1cc(NC(=O)CNC(C)C)ccc1NS(C)(=O)=O. The highest BCUT2D eigenvalue weighted by Crippen LogP contribution is 2.20. The molecule has 1 aromatic rings. The molecule has 0 saturated carbocycles. The molecule has 6 nitrogen and oxygen atoms in total. The van der Waals surface area contributed by atoms with Crippen LogP contribution >= 0.6 is 0 Å². The minimum atomic E-state index is -3.30. The molecule has 0 aliphatic rings. The van der Waals surface area contributed by atoms with E-state index in [2.05, 4.69) is 15.4 Å². The van der Waals surface area contributed by atoms with Crippen LogP contribution in [0, 0.1) is 6.92 Å². The van der Waals surface area contributed by atoms with Crippen molar-refractivity contribution in [3.8, 4) is 0 Å². The molecule has 0 radical (unpaired) electrons. The Bertz CT molecular complexity index is 583. The number of hydrogen-bond donors (Lipinski definition) is 3. The quantitative estimate of drug-likeness (QED) is 0.739. The van der Waals surface area contributed by atoms with E-state index in [1.807, 2.05) is 13.8 Å². The number of sulfonamides is 1. The lowest BCUT2D eigenvalue weighted by Crippen LogP contribution is -2.32. The molecule has 3 N–H and O–H groups in total. The van der Waals surface area contributed by atoms with Crippen LogP contribution in [0.4, 0.5) is 11.4 Å². The van der Waals surface area contributed by atoms with Crippen molar-refractivity contribution in [1.82, 2.24) is 5.32 Å². The fourth-order valence-electron chi connectivity index (χ4n) is 1.56. The predicted octanol–water partition coefficient (Wildman–Crippen LogP) is 1.30. The van der Waals surface area contributed by atoms with Gasteiger partial charge < -0.3 is 10.6 Å². The van der Waals surface area contributed by atoms with Crippen molar-refractivity contribution in [2.45, 2.75) is 26.8 Å². The van der Waals surface area contributed by atoms with Gasteiger partial charge in [0.2, 0.25) is 15.9 Å². The third-order valence-electron chi connectivity index (χ3n) is 2.48. The van der Waals surface area contributed by atoms with Crippen molar-refractivity contribution >= 4 is 27.3 Å². The van der Waals surface area contributed by atoms with Gasteiger partial charge in [0.25, 0.3) is 0 Å². The van der Waals surface area contributed by atoms with Crippen molar-refractivity contribution in [2.75, 3.05) is 22.8 Å². The van der Waals surface area contributed by atoms with E-state index in [1.165, 1.54) is 0 Å². The molecule has 0 fully saturated rings. The number of carbonyl (C=O) groups is 1. The average Bonchev–Trinajstić information content (AvgIpc) is 2.28. The van der Waals surface area contributed by atoms with Crippen molar-refractivity contribution in [3.63, 3.8) is 0 Å². The molecule has 0 heterocycles. The fraction of sp³-hybridized carbons (Fsp3) is 0.462. The van der Waals surface area contributed by atoms with E-state index >= 15 is 0 Å². The Balaban J connectivity index is 2.70. The zero-order valence-corrected chi connectivity index (χ0v) is 13.0. The van der Waals surface area contributed by atoms with Gasteiger partial charge in [-0.1, -0.05) is 13.8 Å². The summed E-state index contributed by atoms with van der Waals surface area (Å²) < 4.78 is 24.8. The number of hydrogen-bond acceptors (Lipinski definition) is 4. The Labute approximate surface area is 120 Å². The fourth-order valence-corrected chi connectivity index (χ4v) is 2.19. The summed E-state index contributed by atoms with van der Waals surface area (Å²) in [4.78, 5) is 11.7. The average molecular weight is 299 g/mol. The standard InChI is InChI=1S/C13H21N3O3S/c1-9(2)14-8-13(17)15-11-5-6-12(10(3)7-11)16-20(4,18)19/h5-7,9,14,16H,8H2,1-4H3,(H,15,17). The molecule has 0 bridgehead atoms. The lowest BCUT2D eigenvalue weighted by molar-refractivity contribution is -0.115. The van der Waals surface area contributed by atoms with Gasteiger partial charge in [-0.25, -0.2) is 8.42 Å². The van der Waals surface area contributed by atoms with Gasteiger partial charge in [0, 0.05) is 11.7 Å². The van der Waals surface area contributed by atoms with Crippen LogP contribution in [0.2, 0.25) is 0 Å². The molecule has 1 aromatic carbocycles. The molecule has 20 heavy (non-hydrogen) atoms. The highest BCUT2D eigenvalue weighted by Gasteiger charge is 2.07. The lowest BCUT2D eigenvalue weighted by atomic mass is 10.2. The molecule has 1 rings (SSSR count). The number of nitrogens with one attached hydrogen (secondary N) is 3. The van der Waals surface area contributed by atoms with E-state index in [9.17, 15) is 13.2 Å². The van der Waals surface area contributed by atoms with Crippen LogP contribution < -0.4 is 15.4 Å². The second-order valence-corrected chi connectivity index (χ2v) is 6.74. The Morgan fingerprint density at radius 3 is 2.45 bits per heavy atom. The highest BCUT2D eigenvalue weighted by atomic mass is 32.2. The van der Waals surface area contributed by atoms with Crippen LogP contribution in [0.15, 0.2) is 18.2 Å². The molecule has 0 spiro atoms. The first-order chi connectivity index (χ1) is 9.17. The number of amides is 1. The molecule has 0 unspecified atom stereocenters. The van der Waals surface area contributed by atoms with Gasteiger partial charge in [-0.3, -0.25) is 9.52 Å². The van der Waals surface area contributed by atoms with E-state index in [0.717, 1.165) is 11.8 Å². The molecule has 0 atom stereocenters. The van der Waals surface area contributed by atoms with Crippen molar-refractivity contribution in [2.24, 2.45) is 0 Å². The van der Waals surface area contributed by atoms with E-state index < -0.39 is 10.0 Å². The minimum absolute atomic E-state index is 0.137. The highest BCUT2D eigenvalue weighted by molar-refractivity contribution is 7.92. The van der Waals surface area contributed by atoms with Gasteiger partial charge in [0.05, 0.1) is 18.5 Å². The molecular formula is C13H21N3O3S. The van der Waals surface area contributed by atoms with Crippen LogP contribution in [0.1, 0.15) is 19.4 Å². The summed E-state index contributed by atoms with van der Waals surface area (Å²) in [7, 11) is -3.30. The maximum atomic E-state index is 11.7.